The normalized spacial score (nSPS) is 20.0. The molecule has 4 rings (SSSR count). The summed E-state index contributed by atoms with van der Waals surface area (Å²) in [5, 5.41) is 8.35. The molecule has 2 heterocycles. The largest absolute Gasteiger partial charge is 0.314 e. The van der Waals surface area contributed by atoms with Crippen molar-refractivity contribution in [3.63, 3.8) is 0 Å². The standard InChI is InChI=1S/C18H24N4O2S/c1-2-14-5-3-4-6-17(14)25(23,24)21-11-9-16(10-12-21)22-13-19-20-18(22)15-7-8-15/h3-6,13,15-16H,2,7-12H2,1H3. The molecule has 1 aromatic heterocycles. The molecule has 0 bridgehead atoms. The monoisotopic (exact) mass is 360 g/mol. The second-order valence-electron chi connectivity index (χ2n) is 6.97. The third-order valence-corrected chi connectivity index (χ3v) is 7.33. The van der Waals surface area contributed by atoms with Crippen LogP contribution in [0.2, 0.25) is 0 Å². The highest BCUT2D eigenvalue weighted by atomic mass is 32.2. The van der Waals surface area contributed by atoms with Crippen LogP contribution in [0, 0.1) is 0 Å². The third kappa shape index (κ3) is 3.11. The summed E-state index contributed by atoms with van der Waals surface area (Å²) < 4.78 is 29.9. The van der Waals surface area contributed by atoms with E-state index < -0.39 is 10.0 Å². The maximum Gasteiger partial charge on any atom is 0.243 e. The van der Waals surface area contributed by atoms with E-state index in [0.717, 1.165) is 30.7 Å². The predicted molar refractivity (Wildman–Crippen MR) is 94.8 cm³/mol. The Bertz CT molecular complexity index is 849. The van der Waals surface area contributed by atoms with Crippen molar-refractivity contribution in [2.24, 2.45) is 0 Å². The maximum absolute atomic E-state index is 13.0. The lowest BCUT2D eigenvalue weighted by atomic mass is 10.1. The molecule has 2 aromatic rings. The van der Waals surface area contributed by atoms with Gasteiger partial charge in [0, 0.05) is 25.0 Å². The Balaban J connectivity index is 1.50. The van der Waals surface area contributed by atoms with Crippen molar-refractivity contribution >= 4 is 10.0 Å². The Hall–Kier alpha value is -1.73. The number of hydrogen-bond acceptors (Lipinski definition) is 4. The summed E-state index contributed by atoms with van der Waals surface area (Å²) in [7, 11) is -3.42. The van der Waals surface area contributed by atoms with Crippen molar-refractivity contribution in [3.05, 3.63) is 42.0 Å². The minimum absolute atomic E-state index is 0.304. The molecule has 0 radical (unpaired) electrons. The minimum atomic E-state index is -3.42. The maximum atomic E-state index is 13.0. The van der Waals surface area contributed by atoms with E-state index >= 15 is 0 Å². The summed E-state index contributed by atoms with van der Waals surface area (Å²) in [6, 6.07) is 7.63. The number of hydrogen-bond donors (Lipinski definition) is 0. The average molecular weight is 360 g/mol. The van der Waals surface area contributed by atoms with Gasteiger partial charge in [0.2, 0.25) is 10.0 Å². The van der Waals surface area contributed by atoms with Gasteiger partial charge >= 0.3 is 0 Å². The fourth-order valence-electron chi connectivity index (χ4n) is 3.71. The molecule has 1 saturated heterocycles. The van der Waals surface area contributed by atoms with E-state index in [2.05, 4.69) is 14.8 Å². The molecule has 25 heavy (non-hydrogen) atoms. The van der Waals surface area contributed by atoms with E-state index in [4.69, 9.17) is 0 Å². The summed E-state index contributed by atoms with van der Waals surface area (Å²) in [4.78, 5) is 0.457. The Morgan fingerprint density at radius 3 is 2.52 bits per heavy atom. The van der Waals surface area contributed by atoms with Crippen molar-refractivity contribution in [1.82, 2.24) is 19.1 Å². The van der Waals surface area contributed by atoms with Crippen LogP contribution in [0.1, 0.15) is 56.0 Å². The van der Waals surface area contributed by atoms with Crippen LogP contribution < -0.4 is 0 Å². The Kier molecular flexibility index (Phi) is 4.37. The van der Waals surface area contributed by atoms with Crippen LogP contribution in [0.15, 0.2) is 35.5 Å². The number of sulfonamides is 1. The first-order chi connectivity index (χ1) is 12.1. The van der Waals surface area contributed by atoms with Crippen LogP contribution in [0.5, 0.6) is 0 Å². The van der Waals surface area contributed by atoms with Crippen LogP contribution in [0.4, 0.5) is 0 Å². The van der Waals surface area contributed by atoms with Gasteiger partial charge in [0.25, 0.3) is 0 Å². The van der Waals surface area contributed by atoms with Gasteiger partial charge in [0.15, 0.2) is 0 Å². The second kappa shape index (κ2) is 6.53. The van der Waals surface area contributed by atoms with Crippen molar-refractivity contribution < 1.29 is 8.42 Å². The quantitative estimate of drug-likeness (QED) is 0.822. The van der Waals surface area contributed by atoms with Gasteiger partial charge in [-0.3, -0.25) is 0 Å². The number of piperidine rings is 1. The summed E-state index contributed by atoms with van der Waals surface area (Å²) in [5.41, 5.74) is 0.888. The highest BCUT2D eigenvalue weighted by Crippen LogP contribution is 2.40. The Labute approximate surface area is 148 Å². The van der Waals surface area contributed by atoms with E-state index in [1.165, 1.54) is 12.8 Å². The first-order valence-corrected chi connectivity index (χ1v) is 10.5. The van der Waals surface area contributed by atoms with Crippen molar-refractivity contribution in [1.29, 1.82) is 0 Å². The van der Waals surface area contributed by atoms with Crippen LogP contribution in [0.3, 0.4) is 0 Å². The number of aryl methyl sites for hydroxylation is 1. The van der Waals surface area contributed by atoms with Gasteiger partial charge in [-0.25, -0.2) is 8.42 Å². The van der Waals surface area contributed by atoms with Crippen molar-refractivity contribution in [3.8, 4) is 0 Å². The van der Waals surface area contributed by atoms with Gasteiger partial charge < -0.3 is 4.57 Å². The number of aromatic nitrogens is 3. The van der Waals surface area contributed by atoms with Gasteiger partial charge in [-0.05, 0) is 43.7 Å². The van der Waals surface area contributed by atoms with Gasteiger partial charge in [-0.15, -0.1) is 10.2 Å². The fraction of sp³-hybridized carbons (Fsp3) is 0.556. The number of rotatable bonds is 5. The average Bonchev–Trinajstić information content (AvgIpc) is 3.38. The van der Waals surface area contributed by atoms with E-state index in [-0.39, 0.29) is 0 Å². The second-order valence-corrected chi connectivity index (χ2v) is 8.87. The zero-order chi connectivity index (χ0) is 17.4. The lowest BCUT2D eigenvalue weighted by molar-refractivity contribution is 0.270. The Morgan fingerprint density at radius 1 is 1.12 bits per heavy atom. The van der Waals surface area contributed by atoms with E-state index in [1.807, 2.05) is 25.4 Å². The molecule has 0 N–H and O–H groups in total. The molecule has 134 valence electrons. The molecule has 0 atom stereocenters. The van der Waals surface area contributed by atoms with Crippen LogP contribution in [-0.4, -0.2) is 40.6 Å². The molecule has 0 unspecified atom stereocenters. The smallest absolute Gasteiger partial charge is 0.243 e. The van der Waals surface area contributed by atoms with E-state index in [0.29, 0.717) is 29.9 Å². The van der Waals surface area contributed by atoms with Gasteiger partial charge in [0.05, 0.1) is 4.90 Å². The molecule has 0 spiro atoms. The van der Waals surface area contributed by atoms with Gasteiger partial charge in [0.1, 0.15) is 12.2 Å². The SMILES string of the molecule is CCc1ccccc1S(=O)(=O)N1CCC(n2cnnc2C2CC2)CC1. The fourth-order valence-corrected chi connectivity index (χ4v) is 5.48. The van der Waals surface area contributed by atoms with Crippen molar-refractivity contribution in [2.75, 3.05) is 13.1 Å². The lowest BCUT2D eigenvalue weighted by Gasteiger charge is -2.32. The van der Waals surface area contributed by atoms with Gasteiger partial charge in [-0.2, -0.15) is 4.31 Å². The zero-order valence-corrected chi connectivity index (χ0v) is 15.3. The third-order valence-electron chi connectivity index (χ3n) is 5.33. The van der Waals surface area contributed by atoms with Crippen LogP contribution in [-0.2, 0) is 16.4 Å². The molecule has 1 aromatic carbocycles. The first-order valence-electron chi connectivity index (χ1n) is 9.08. The predicted octanol–water partition coefficient (Wildman–Crippen LogP) is 2.74. The molecular formula is C18H24N4O2S. The zero-order valence-electron chi connectivity index (χ0n) is 14.5. The van der Waals surface area contributed by atoms with E-state index in [9.17, 15) is 8.42 Å². The van der Waals surface area contributed by atoms with Gasteiger partial charge in [-0.1, -0.05) is 25.1 Å². The van der Waals surface area contributed by atoms with Crippen molar-refractivity contribution in [2.45, 2.75) is 55.9 Å². The molecule has 2 aliphatic rings. The molecule has 7 heteroatoms. The topological polar surface area (TPSA) is 68.1 Å². The highest BCUT2D eigenvalue weighted by molar-refractivity contribution is 7.89. The molecule has 0 amide bonds. The van der Waals surface area contributed by atoms with E-state index in [1.54, 1.807) is 16.4 Å². The molecule has 2 fully saturated rings. The van der Waals surface area contributed by atoms with Crippen LogP contribution >= 0.6 is 0 Å². The summed E-state index contributed by atoms with van der Waals surface area (Å²) in [6.07, 6.45) is 6.54. The molecule has 1 aliphatic heterocycles. The minimum Gasteiger partial charge on any atom is -0.314 e. The highest BCUT2D eigenvalue weighted by Gasteiger charge is 2.34. The summed E-state index contributed by atoms with van der Waals surface area (Å²) in [5.74, 6) is 1.64. The molecular weight excluding hydrogens is 336 g/mol. The summed E-state index contributed by atoms with van der Waals surface area (Å²) >= 11 is 0. The Morgan fingerprint density at radius 2 is 1.84 bits per heavy atom. The lowest BCUT2D eigenvalue weighted by Crippen LogP contribution is -2.39. The summed E-state index contributed by atoms with van der Waals surface area (Å²) in [6.45, 7) is 3.09. The molecule has 1 aliphatic carbocycles. The molecule has 6 nitrogen and oxygen atoms in total. The number of benzene rings is 1. The van der Waals surface area contributed by atoms with Crippen LogP contribution in [0.25, 0.3) is 0 Å². The molecule has 1 saturated carbocycles. The first kappa shape index (κ1) is 16.7. The number of nitrogens with zero attached hydrogens (tertiary/aromatic N) is 4.